The van der Waals surface area contributed by atoms with Gasteiger partial charge in [0.05, 0.1) is 14.2 Å². The third kappa shape index (κ3) is 9.07. The van der Waals surface area contributed by atoms with Gasteiger partial charge < -0.3 is 14.4 Å². The van der Waals surface area contributed by atoms with E-state index in [1.54, 1.807) is 23.5 Å². The van der Waals surface area contributed by atoms with Crippen LogP contribution in [0, 0.1) is 0 Å². The number of fused-ring (bicyclic) bond motifs is 2. The lowest BCUT2D eigenvalue weighted by atomic mass is 10.1. The van der Waals surface area contributed by atoms with Gasteiger partial charge in [0.25, 0.3) is 0 Å². The van der Waals surface area contributed by atoms with Crippen molar-refractivity contribution in [3.8, 4) is 0 Å². The molecular formula is C25H41N3O4S2. The molecule has 34 heavy (non-hydrogen) atoms. The number of likely N-dealkylation sites (N-methyl/N-ethyl adjacent to an activating group) is 1. The Morgan fingerprint density at radius 1 is 0.853 bits per heavy atom. The predicted octanol–water partition coefficient (Wildman–Crippen LogP) is 2.83. The summed E-state index contributed by atoms with van der Waals surface area (Å²) < 4.78 is 10.3. The van der Waals surface area contributed by atoms with Crippen molar-refractivity contribution in [3.05, 3.63) is 35.4 Å². The Morgan fingerprint density at radius 2 is 1.29 bits per heavy atom. The first-order valence-electron chi connectivity index (χ1n) is 11.8. The number of benzene rings is 1. The number of thioether (sulfide) groups is 2. The van der Waals surface area contributed by atoms with Crippen molar-refractivity contribution in [1.82, 2.24) is 14.7 Å². The molecule has 9 heteroatoms. The molecule has 0 spiro atoms. The lowest BCUT2D eigenvalue weighted by Crippen LogP contribution is -2.48. The largest absolute Gasteiger partial charge is 0.468 e. The molecule has 2 rings (SSSR count). The molecule has 1 aromatic rings. The van der Waals surface area contributed by atoms with Crippen LogP contribution >= 0.6 is 23.5 Å². The minimum Gasteiger partial charge on any atom is -0.468 e. The van der Waals surface area contributed by atoms with E-state index in [9.17, 15) is 9.59 Å². The van der Waals surface area contributed by atoms with E-state index in [4.69, 9.17) is 9.47 Å². The standard InChI is InChI=1S/C25H41N3O4S2/c1-26-11-13-27(22(9-15-33-4)24(29)31-2)18-20-7-6-8-21(17-20)19-28(14-12-26)23(10-16-34-5)25(30)32-3/h6-8,17,22-23H,9-16,18-19H2,1-5H3. The third-order valence-electron chi connectivity index (χ3n) is 6.32. The monoisotopic (exact) mass is 511 g/mol. The molecule has 0 fully saturated rings. The summed E-state index contributed by atoms with van der Waals surface area (Å²) in [6.07, 6.45) is 5.66. The summed E-state index contributed by atoms with van der Waals surface area (Å²) in [5.41, 5.74) is 2.33. The fourth-order valence-electron chi connectivity index (χ4n) is 4.33. The first-order chi connectivity index (χ1) is 16.4. The molecule has 0 radical (unpaired) electrons. The lowest BCUT2D eigenvalue weighted by Gasteiger charge is -2.34. The second-order valence-corrected chi connectivity index (χ2v) is 10.7. The van der Waals surface area contributed by atoms with Crippen LogP contribution in [-0.2, 0) is 32.2 Å². The highest BCUT2D eigenvalue weighted by molar-refractivity contribution is 7.98. The van der Waals surface area contributed by atoms with E-state index in [0.29, 0.717) is 13.1 Å². The van der Waals surface area contributed by atoms with E-state index < -0.39 is 0 Å². The Labute approximate surface area is 213 Å². The van der Waals surface area contributed by atoms with E-state index in [-0.39, 0.29) is 24.0 Å². The summed E-state index contributed by atoms with van der Waals surface area (Å²) >= 11 is 3.50. The highest BCUT2D eigenvalue weighted by atomic mass is 32.2. The Balaban J connectivity index is 2.33. The van der Waals surface area contributed by atoms with Crippen molar-refractivity contribution in [3.63, 3.8) is 0 Å². The average Bonchev–Trinajstić information content (AvgIpc) is 2.84. The number of nitrogens with zero attached hydrogens (tertiary/aromatic N) is 3. The Kier molecular flexibility index (Phi) is 13.4. The summed E-state index contributed by atoms with van der Waals surface area (Å²) in [4.78, 5) is 32.1. The number of carbonyl (C=O) groups excluding carboxylic acids is 2. The van der Waals surface area contributed by atoms with Gasteiger partial charge in [-0.25, -0.2) is 0 Å². The van der Waals surface area contributed by atoms with Gasteiger partial charge in [-0.15, -0.1) is 0 Å². The molecule has 2 bridgehead atoms. The Bertz CT molecular complexity index is 710. The van der Waals surface area contributed by atoms with Crippen molar-refractivity contribution in [2.45, 2.75) is 38.0 Å². The molecule has 1 aromatic carbocycles. The topological polar surface area (TPSA) is 62.3 Å². The maximum absolute atomic E-state index is 12.7. The van der Waals surface area contributed by atoms with E-state index in [2.05, 4.69) is 58.5 Å². The molecule has 0 N–H and O–H groups in total. The van der Waals surface area contributed by atoms with Gasteiger partial charge in [0.15, 0.2) is 0 Å². The Hall–Kier alpha value is -1.26. The predicted molar refractivity (Wildman–Crippen MR) is 142 cm³/mol. The Morgan fingerprint density at radius 3 is 1.68 bits per heavy atom. The molecule has 2 unspecified atom stereocenters. The average molecular weight is 512 g/mol. The van der Waals surface area contributed by atoms with Gasteiger partial charge in [-0.2, -0.15) is 23.5 Å². The molecule has 7 nitrogen and oxygen atoms in total. The van der Waals surface area contributed by atoms with Crippen LogP contribution < -0.4 is 0 Å². The summed E-state index contributed by atoms with van der Waals surface area (Å²) in [5, 5.41) is 0. The highest BCUT2D eigenvalue weighted by Crippen LogP contribution is 2.19. The summed E-state index contributed by atoms with van der Waals surface area (Å²) in [7, 11) is 5.05. The molecule has 2 atom stereocenters. The van der Waals surface area contributed by atoms with Crippen LogP contribution in [0.3, 0.4) is 0 Å². The van der Waals surface area contributed by atoms with Gasteiger partial charge in [0, 0.05) is 39.3 Å². The molecule has 1 aliphatic rings. The minimum atomic E-state index is -0.260. The summed E-state index contributed by atoms with van der Waals surface area (Å²) in [6, 6.07) is 7.99. The van der Waals surface area contributed by atoms with Crippen molar-refractivity contribution in [2.24, 2.45) is 0 Å². The van der Waals surface area contributed by atoms with E-state index in [1.807, 2.05) is 0 Å². The van der Waals surface area contributed by atoms with Crippen LogP contribution in [0.1, 0.15) is 24.0 Å². The smallest absolute Gasteiger partial charge is 0.323 e. The SMILES string of the molecule is COC(=O)C(CCSC)N1CCN(C)CCN(C(CCSC)C(=O)OC)Cc2cccc(c2)C1. The summed E-state index contributed by atoms with van der Waals surface area (Å²) in [5.74, 6) is 1.49. The first-order valence-corrected chi connectivity index (χ1v) is 14.6. The fourth-order valence-corrected chi connectivity index (χ4v) is 5.24. The van der Waals surface area contributed by atoms with Crippen molar-refractivity contribution in [2.75, 3.05) is 71.5 Å². The second-order valence-electron chi connectivity index (χ2n) is 8.71. The van der Waals surface area contributed by atoms with Crippen LogP contribution in [0.25, 0.3) is 0 Å². The zero-order chi connectivity index (χ0) is 24.9. The van der Waals surface area contributed by atoms with Gasteiger partial charge >= 0.3 is 11.9 Å². The lowest BCUT2D eigenvalue weighted by molar-refractivity contribution is -0.148. The number of hydrogen-bond donors (Lipinski definition) is 0. The maximum atomic E-state index is 12.7. The van der Waals surface area contributed by atoms with Crippen LogP contribution in [0.2, 0.25) is 0 Å². The first kappa shape index (κ1) is 29.0. The van der Waals surface area contributed by atoms with Crippen molar-refractivity contribution >= 4 is 35.5 Å². The zero-order valence-corrected chi connectivity index (χ0v) is 23.0. The molecule has 0 aromatic heterocycles. The third-order valence-corrected chi connectivity index (χ3v) is 7.61. The second kappa shape index (κ2) is 15.7. The highest BCUT2D eigenvalue weighted by Gasteiger charge is 2.29. The van der Waals surface area contributed by atoms with Crippen LogP contribution in [-0.4, -0.2) is 110 Å². The molecule has 1 heterocycles. The van der Waals surface area contributed by atoms with Gasteiger partial charge in [0.2, 0.25) is 0 Å². The van der Waals surface area contributed by atoms with Crippen molar-refractivity contribution < 1.29 is 19.1 Å². The van der Waals surface area contributed by atoms with E-state index >= 15 is 0 Å². The molecule has 1 aliphatic heterocycles. The van der Waals surface area contributed by atoms with Crippen LogP contribution in [0.4, 0.5) is 0 Å². The maximum Gasteiger partial charge on any atom is 0.323 e. The normalized spacial score (nSPS) is 18.4. The van der Waals surface area contributed by atoms with Crippen LogP contribution in [0.5, 0.6) is 0 Å². The van der Waals surface area contributed by atoms with E-state index in [1.165, 1.54) is 14.2 Å². The number of rotatable bonds is 10. The number of methoxy groups -OCH3 is 2. The number of hydrogen-bond acceptors (Lipinski definition) is 9. The molecule has 0 saturated heterocycles. The number of carbonyl (C=O) groups is 2. The molecule has 0 amide bonds. The van der Waals surface area contributed by atoms with Gasteiger partial charge in [-0.1, -0.05) is 24.3 Å². The molecule has 192 valence electrons. The minimum absolute atomic E-state index is 0.166. The molecular weight excluding hydrogens is 470 g/mol. The number of ether oxygens (including phenoxy) is 2. The van der Waals surface area contributed by atoms with E-state index in [0.717, 1.165) is 61.7 Å². The fraction of sp³-hybridized carbons (Fsp3) is 0.680. The van der Waals surface area contributed by atoms with Crippen LogP contribution in [0.15, 0.2) is 24.3 Å². The van der Waals surface area contributed by atoms with Crippen molar-refractivity contribution in [1.29, 1.82) is 0 Å². The summed E-state index contributed by atoms with van der Waals surface area (Å²) in [6.45, 7) is 4.55. The van der Waals surface area contributed by atoms with Gasteiger partial charge in [-0.3, -0.25) is 19.4 Å². The number of esters is 2. The molecule has 0 aliphatic carbocycles. The zero-order valence-electron chi connectivity index (χ0n) is 21.3. The van der Waals surface area contributed by atoms with Gasteiger partial charge in [0.1, 0.15) is 12.1 Å². The molecule has 0 saturated carbocycles. The quantitative estimate of drug-likeness (QED) is 0.441. The van der Waals surface area contributed by atoms with Gasteiger partial charge in [-0.05, 0) is 55.0 Å².